The van der Waals surface area contributed by atoms with Crippen LogP contribution in [0.15, 0.2) is 42.5 Å². The lowest BCUT2D eigenvalue weighted by atomic mass is 9.85. The number of hydrogen-bond donors (Lipinski definition) is 2. The molecule has 1 aromatic rings. The number of ether oxygens (including phenoxy) is 3. The number of unbranched alkanes of at least 4 members (excludes halogenated alkanes) is 2. The van der Waals surface area contributed by atoms with Crippen molar-refractivity contribution in [3.63, 3.8) is 0 Å². The monoisotopic (exact) mass is 566 g/mol. The van der Waals surface area contributed by atoms with Gasteiger partial charge >= 0.3 is 5.97 Å². The zero-order chi connectivity index (χ0) is 28.8. The molecule has 0 amide bonds. The fourth-order valence-electron chi connectivity index (χ4n) is 5.74. The molecule has 226 valence electrons. The highest BCUT2D eigenvalue weighted by Crippen LogP contribution is 2.42. The minimum atomic E-state index is -3.12. The van der Waals surface area contributed by atoms with E-state index in [0.717, 1.165) is 24.8 Å². The van der Waals surface area contributed by atoms with Gasteiger partial charge in [-0.2, -0.15) is 0 Å². The first-order valence-corrected chi connectivity index (χ1v) is 15.2. The van der Waals surface area contributed by atoms with E-state index >= 15 is 0 Å². The van der Waals surface area contributed by atoms with Gasteiger partial charge in [-0.15, -0.1) is 0 Å². The molecule has 0 aromatic heterocycles. The number of rotatable bonds is 17. The average molecular weight is 567 g/mol. The first-order valence-electron chi connectivity index (χ1n) is 15.2. The number of carbonyl (C=O) groups excluding carboxylic acids is 1. The van der Waals surface area contributed by atoms with Gasteiger partial charge in [0.05, 0.1) is 12.2 Å². The number of aliphatic hydroxyl groups is 2. The molecule has 1 aliphatic carbocycles. The second-order valence-corrected chi connectivity index (χ2v) is 11.3. The van der Waals surface area contributed by atoms with Crippen molar-refractivity contribution in [2.45, 2.75) is 128 Å². The van der Waals surface area contributed by atoms with Crippen molar-refractivity contribution in [3.8, 4) is 0 Å². The van der Waals surface area contributed by atoms with Gasteiger partial charge in [0.25, 0.3) is 5.92 Å². The molecule has 0 spiro atoms. The lowest BCUT2D eigenvalue weighted by Crippen LogP contribution is -2.36. The van der Waals surface area contributed by atoms with Crippen LogP contribution in [0.2, 0.25) is 0 Å². The maximum Gasteiger partial charge on any atom is 0.306 e. The van der Waals surface area contributed by atoms with Crippen molar-refractivity contribution in [1.82, 2.24) is 0 Å². The van der Waals surface area contributed by atoms with Crippen LogP contribution in [0.3, 0.4) is 0 Å². The Hall–Kier alpha value is -1.87. The summed E-state index contributed by atoms with van der Waals surface area (Å²) in [5.74, 6) is -3.66. The normalized spacial score (nSPS) is 26.3. The summed E-state index contributed by atoms with van der Waals surface area (Å²) in [4.78, 5) is 12.0. The van der Waals surface area contributed by atoms with E-state index in [0.29, 0.717) is 58.0 Å². The minimum absolute atomic E-state index is 0.0369. The minimum Gasteiger partial charge on any atom is -0.461 e. The molecule has 6 nitrogen and oxygen atoms in total. The molecule has 2 fully saturated rings. The van der Waals surface area contributed by atoms with E-state index in [1.165, 1.54) is 0 Å². The Bertz CT molecular complexity index is 873. The summed E-state index contributed by atoms with van der Waals surface area (Å²) in [6.07, 6.45) is 7.55. The van der Waals surface area contributed by atoms with E-state index in [2.05, 4.69) is 0 Å². The largest absolute Gasteiger partial charge is 0.461 e. The van der Waals surface area contributed by atoms with Gasteiger partial charge in [-0.25, -0.2) is 8.78 Å². The van der Waals surface area contributed by atoms with Crippen LogP contribution in [0.1, 0.15) is 96.0 Å². The molecular weight excluding hydrogens is 518 g/mol. The number of carbonyl (C=O) groups is 1. The maximum atomic E-state index is 14.4. The van der Waals surface area contributed by atoms with E-state index in [1.807, 2.05) is 49.4 Å². The van der Waals surface area contributed by atoms with Crippen molar-refractivity contribution in [2.24, 2.45) is 11.8 Å². The molecule has 8 heteroatoms. The fraction of sp³-hybridized carbons (Fsp3) is 0.719. The van der Waals surface area contributed by atoms with Crippen LogP contribution >= 0.6 is 0 Å². The zero-order valence-corrected chi connectivity index (χ0v) is 23.9. The van der Waals surface area contributed by atoms with Crippen LogP contribution in [0.4, 0.5) is 8.78 Å². The summed E-state index contributed by atoms with van der Waals surface area (Å²) in [5.41, 5.74) is 0.954. The molecule has 0 radical (unpaired) electrons. The lowest BCUT2D eigenvalue weighted by Gasteiger charge is -2.31. The van der Waals surface area contributed by atoms with Crippen LogP contribution in [-0.2, 0) is 25.6 Å². The molecule has 2 aliphatic rings. The van der Waals surface area contributed by atoms with Crippen molar-refractivity contribution in [1.29, 1.82) is 0 Å². The lowest BCUT2D eigenvalue weighted by molar-refractivity contribution is -0.197. The fourth-order valence-corrected chi connectivity index (χ4v) is 5.74. The molecule has 40 heavy (non-hydrogen) atoms. The molecule has 2 unspecified atom stereocenters. The highest BCUT2D eigenvalue weighted by molar-refractivity contribution is 5.69. The number of alkyl halides is 2. The maximum absolute atomic E-state index is 14.4. The Morgan fingerprint density at radius 1 is 1.18 bits per heavy atom. The predicted octanol–water partition coefficient (Wildman–Crippen LogP) is 6.72. The van der Waals surface area contributed by atoms with Crippen molar-refractivity contribution < 1.29 is 38.0 Å². The van der Waals surface area contributed by atoms with E-state index < -0.39 is 18.1 Å². The zero-order valence-electron chi connectivity index (χ0n) is 23.9. The van der Waals surface area contributed by atoms with Gasteiger partial charge in [0, 0.05) is 25.9 Å². The highest BCUT2D eigenvalue weighted by atomic mass is 19.3. The molecular formula is C32H48F2O6. The molecule has 1 saturated carbocycles. The van der Waals surface area contributed by atoms with Crippen molar-refractivity contribution in [3.05, 3.63) is 48.0 Å². The number of aliphatic hydroxyl groups excluding tert-OH is 2. The molecule has 0 bridgehead atoms. The Balaban J connectivity index is 1.48. The standard InChI is InChI=1S/C32H48F2O6/c1-2-3-20-32(33,34)29(36)19-18-26-25(27(35)22-28(26)40-31-17-11-12-21-38-31)15-9-4-5-10-16-30(37)39-23-24-13-7-6-8-14-24/h4,6-9,13-14,25-29,31,35-36H,2-3,5,10-12,15-23H2,1H3/t25-,26-,27+,28-,29?,31?/m1/s1. The first kappa shape index (κ1) is 32.6. The van der Waals surface area contributed by atoms with Gasteiger partial charge in [-0.05, 0) is 75.2 Å². The Morgan fingerprint density at radius 2 is 1.98 bits per heavy atom. The number of benzene rings is 1. The predicted molar refractivity (Wildman–Crippen MR) is 150 cm³/mol. The van der Waals surface area contributed by atoms with Gasteiger partial charge in [0.2, 0.25) is 0 Å². The average Bonchev–Trinajstić information content (AvgIpc) is 3.25. The number of allylic oxidation sites excluding steroid dienone is 2. The summed E-state index contributed by atoms with van der Waals surface area (Å²) in [5, 5.41) is 21.2. The SMILES string of the molecule is CCCCC(F)(F)C(O)CC[C@@H]1[C@@H](CC=CCCCC(=O)OCc2ccccc2)[C@@H](O)C[C@H]1OC1CCCCO1. The van der Waals surface area contributed by atoms with Gasteiger partial charge in [0.1, 0.15) is 12.7 Å². The van der Waals surface area contributed by atoms with Crippen LogP contribution < -0.4 is 0 Å². The van der Waals surface area contributed by atoms with Crippen LogP contribution in [0.5, 0.6) is 0 Å². The quantitative estimate of drug-likeness (QED) is 0.124. The third-order valence-electron chi connectivity index (χ3n) is 8.15. The second kappa shape index (κ2) is 17.2. The topological polar surface area (TPSA) is 85.2 Å². The third-order valence-corrected chi connectivity index (χ3v) is 8.15. The van der Waals surface area contributed by atoms with E-state index in [4.69, 9.17) is 14.2 Å². The molecule has 2 N–H and O–H groups in total. The van der Waals surface area contributed by atoms with Gasteiger partial charge in [0.15, 0.2) is 6.29 Å². The summed E-state index contributed by atoms with van der Waals surface area (Å²) in [6.45, 7) is 2.76. The number of esters is 1. The van der Waals surface area contributed by atoms with E-state index in [1.54, 1.807) is 0 Å². The van der Waals surface area contributed by atoms with Crippen molar-refractivity contribution in [2.75, 3.05) is 6.61 Å². The van der Waals surface area contributed by atoms with Gasteiger partial charge in [-0.3, -0.25) is 4.79 Å². The van der Waals surface area contributed by atoms with Crippen LogP contribution in [-0.4, -0.2) is 53.3 Å². The first-order chi connectivity index (χ1) is 19.3. The van der Waals surface area contributed by atoms with Gasteiger partial charge < -0.3 is 24.4 Å². The summed E-state index contributed by atoms with van der Waals surface area (Å²) in [7, 11) is 0. The van der Waals surface area contributed by atoms with Gasteiger partial charge in [-0.1, -0.05) is 55.8 Å². The second-order valence-electron chi connectivity index (χ2n) is 11.3. The summed E-state index contributed by atoms with van der Waals surface area (Å²) in [6, 6.07) is 9.56. The number of halogens is 2. The van der Waals surface area contributed by atoms with E-state index in [9.17, 15) is 23.8 Å². The molecule has 3 rings (SSSR count). The Kier molecular flexibility index (Phi) is 14.0. The Labute approximate surface area is 238 Å². The molecule has 1 aliphatic heterocycles. The Morgan fingerprint density at radius 3 is 2.70 bits per heavy atom. The molecule has 6 atom stereocenters. The summed E-state index contributed by atoms with van der Waals surface area (Å²) < 4.78 is 46.2. The smallest absolute Gasteiger partial charge is 0.306 e. The van der Waals surface area contributed by atoms with Crippen LogP contribution in [0.25, 0.3) is 0 Å². The van der Waals surface area contributed by atoms with Crippen LogP contribution in [0, 0.1) is 11.8 Å². The highest BCUT2D eigenvalue weighted by Gasteiger charge is 2.45. The van der Waals surface area contributed by atoms with Crippen molar-refractivity contribution >= 4 is 5.97 Å². The third kappa shape index (κ3) is 10.8. The summed E-state index contributed by atoms with van der Waals surface area (Å²) >= 11 is 0. The molecule has 1 heterocycles. The number of hydrogen-bond acceptors (Lipinski definition) is 6. The van der Waals surface area contributed by atoms with E-state index in [-0.39, 0.29) is 49.6 Å². The molecule has 1 aromatic carbocycles. The molecule has 1 saturated heterocycles.